The molecular formula is C12H17NO. The maximum atomic E-state index is 5.73. The Bertz CT molecular complexity index is 307. The number of benzene rings is 1. The molecule has 1 unspecified atom stereocenters. The molecule has 0 amide bonds. The zero-order valence-electron chi connectivity index (χ0n) is 8.79. The van der Waals surface area contributed by atoms with E-state index in [-0.39, 0.29) is 0 Å². The van der Waals surface area contributed by atoms with Gasteiger partial charge in [-0.1, -0.05) is 12.1 Å². The Morgan fingerprint density at radius 2 is 2.21 bits per heavy atom. The van der Waals surface area contributed by atoms with E-state index in [1.165, 1.54) is 18.4 Å². The Labute approximate surface area is 85.3 Å². The van der Waals surface area contributed by atoms with Gasteiger partial charge < -0.3 is 10.1 Å². The Balaban J connectivity index is 2.08. The highest BCUT2D eigenvalue weighted by Gasteiger charge is 2.23. The van der Waals surface area contributed by atoms with Crippen LogP contribution in [0.5, 0.6) is 5.75 Å². The molecular weight excluding hydrogens is 174 g/mol. The van der Waals surface area contributed by atoms with Crippen LogP contribution in [0.4, 0.5) is 0 Å². The first kappa shape index (κ1) is 9.53. The molecule has 0 heterocycles. The van der Waals surface area contributed by atoms with Gasteiger partial charge in [0.15, 0.2) is 0 Å². The third-order valence-electron chi connectivity index (χ3n) is 2.62. The van der Waals surface area contributed by atoms with Gasteiger partial charge in [-0.2, -0.15) is 0 Å². The van der Waals surface area contributed by atoms with Gasteiger partial charge in [-0.15, -0.1) is 0 Å². The lowest BCUT2D eigenvalue weighted by atomic mass is 10.1. The van der Waals surface area contributed by atoms with Crippen molar-refractivity contribution in [3.05, 3.63) is 29.8 Å². The van der Waals surface area contributed by atoms with Gasteiger partial charge in [-0.3, -0.25) is 0 Å². The molecule has 14 heavy (non-hydrogen) atoms. The Morgan fingerprint density at radius 1 is 1.43 bits per heavy atom. The van der Waals surface area contributed by atoms with Crippen LogP contribution in [0.25, 0.3) is 0 Å². The van der Waals surface area contributed by atoms with Crippen molar-refractivity contribution in [1.82, 2.24) is 5.32 Å². The lowest BCUT2D eigenvalue weighted by Crippen LogP contribution is -2.12. The molecule has 1 atom stereocenters. The lowest BCUT2D eigenvalue weighted by molar-refractivity contribution is 0.302. The summed E-state index contributed by atoms with van der Waals surface area (Å²) in [4.78, 5) is 0. The number of ether oxygens (including phenoxy) is 1. The standard InChI is InChI=1S/C12H17NO/c1-9(13-2)10-4-3-5-12(8-10)14-11-6-7-11/h3-5,8-9,11,13H,6-7H2,1-2H3. The summed E-state index contributed by atoms with van der Waals surface area (Å²) < 4.78 is 5.73. The predicted molar refractivity (Wildman–Crippen MR) is 57.6 cm³/mol. The minimum atomic E-state index is 0.387. The Hall–Kier alpha value is -1.02. The second-order valence-electron chi connectivity index (χ2n) is 3.90. The normalized spacial score (nSPS) is 17.9. The minimum absolute atomic E-state index is 0.387. The van der Waals surface area contributed by atoms with Gasteiger partial charge >= 0.3 is 0 Å². The fraction of sp³-hybridized carbons (Fsp3) is 0.500. The third kappa shape index (κ3) is 2.26. The average Bonchev–Trinajstić information content (AvgIpc) is 3.01. The van der Waals surface area contributed by atoms with E-state index in [0.717, 1.165) is 5.75 Å². The van der Waals surface area contributed by atoms with Crippen molar-refractivity contribution in [1.29, 1.82) is 0 Å². The summed E-state index contributed by atoms with van der Waals surface area (Å²) in [5.41, 5.74) is 1.28. The first-order chi connectivity index (χ1) is 6.79. The van der Waals surface area contributed by atoms with Crippen molar-refractivity contribution in [3.8, 4) is 5.75 Å². The SMILES string of the molecule is CNC(C)c1cccc(OC2CC2)c1. The number of hydrogen-bond acceptors (Lipinski definition) is 2. The molecule has 0 saturated heterocycles. The van der Waals surface area contributed by atoms with Gasteiger partial charge in [0.2, 0.25) is 0 Å². The summed E-state index contributed by atoms with van der Waals surface area (Å²) in [6.45, 7) is 2.15. The van der Waals surface area contributed by atoms with Crippen LogP contribution in [0.1, 0.15) is 31.4 Å². The van der Waals surface area contributed by atoms with E-state index in [4.69, 9.17) is 4.74 Å². The minimum Gasteiger partial charge on any atom is -0.490 e. The van der Waals surface area contributed by atoms with Gasteiger partial charge in [0.25, 0.3) is 0 Å². The van der Waals surface area contributed by atoms with Crippen molar-refractivity contribution >= 4 is 0 Å². The van der Waals surface area contributed by atoms with E-state index in [9.17, 15) is 0 Å². The van der Waals surface area contributed by atoms with Gasteiger partial charge in [0.1, 0.15) is 5.75 Å². The number of hydrogen-bond donors (Lipinski definition) is 1. The quantitative estimate of drug-likeness (QED) is 0.789. The Morgan fingerprint density at radius 3 is 2.86 bits per heavy atom. The molecule has 0 aromatic heterocycles. The summed E-state index contributed by atoms with van der Waals surface area (Å²) in [7, 11) is 1.97. The highest BCUT2D eigenvalue weighted by atomic mass is 16.5. The molecule has 76 valence electrons. The molecule has 1 saturated carbocycles. The molecule has 2 nitrogen and oxygen atoms in total. The molecule has 1 aromatic rings. The molecule has 2 heteroatoms. The number of nitrogens with one attached hydrogen (secondary N) is 1. The number of rotatable bonds is 4. The highest BCUT2D eigenvalue weighted by molar-refractivity contribution is 5.30. The zero-order chi connectivity index (χ0) is 9.97. The second kappa shape index (κ2) is 4.01. The summed E-state index contributed by atoms with van der Waals surface area (Å²) in [5, 5.41) is 3.22. The van der Waals surface area contributed by atoms with Crippen LogP contribution < -0.4 is 10.1 Å². The molecule has 1 aliphatic carbocycles. The van der Waals surface area contributed by atoms with Crippen molar-refractivity contribution in [2.75, 3.05) is 7.05 Å². The molecule has 1 aliphatic rings. The van der Waals surface area contributed by atoms with Crippen LogP contribution in [-0.2, 0) is 0 Å². The molecule has 0 radical (unpaired) electrons. The van der Waals surface area contributed by atoms with E-state index in [1.54, 1.807) is 0 Å². The molecule has 1 fully saturated rings. The predicted octanol–water partition coefficient (Wildman–Crippen LogP) is 2.51. The van der Waals surface area contributed by atoms with Crippen LogP contribution in [0.2, 0.25) is 0 Å². The van der Waals surface area contributed by atoms with Crippen molar-refractivity contribution in [2.24, 2.45) is 0 Å². The first-order valence-corrected chi connectivity index (χ1v) is 5.23. The van der Waals surface area contributed by atoms with Crippen LogP contribution in [0.3, 0.4) is 0 Å². The summed E-state index contributed by atoms with van der Waals surface area (Å²) in [5.74, 6) is 1.01. The van der Waals surface area contributed by atoms with Crippen molar-refractivity contribution < 1.29 is 4.74 Å². The van der Waals surface area contributed by atoms with Crippen LogP contribution >= 0.6 is 0 Å². The van der Waals surface area contributed by atoms with Gasteiger partial charge in [-0.05, 0) is 44.5 Å². The molecule has 1 N–H and O–H groups in total. The molecule has 1 aromatic carbocycles. The van der Waals surface area contributed by atoms with E-state index < -0.39 is 0 Å². The second-order valence-corrected chi connectivity index (χ2v) is 3.90. The topological polar surface area (TPSA) is 21.3 Å². The summed E-state index contributed by atoms with van der Waals surface area (Å²) >= 11 is 0. The van der Waals surface area contributed by atoms with E-state index in [0.29, 0.717) is 12.1 Å². The first-order valence-electron chi connectivity index (χ1n) is 5.23. The van der Waals surface area contributed by atoms with E-state index >= 15 is 0 Å². The summed E-state index contributed by atoms with van der Waals surface area (Å²) in [6, 6.07) is 8.73. The molecule has 2 rings (SSSR count). The van der Waals surface area contributed by atoms with E-state index in [1.807, 2.05) is 13.1 Å². The smallest absolute Gasteiger partial charge is 0.120 e. The lowest BCUT2D eigenvalue weighted by Gasteiger charge is -2.12. The maximum Gasteiger partial charge on any atom is 0.120 e. The maximum absolute atomic E-state index is 5.73. The van der Waals surface area contributed by atoms with Crippen molar-refractivity contribution in [2.45, 2.75) is 31.9 Å². The average molecular weight is 191 g/mol. The molecule has 0 spiro atoms. The Kier molecular flexibility index (Phi) is 2.73. The van der Waals surface area contributed by atoms with Crippen molar-refractivity contribution in [3.63, 3.8) is 0 Å². The fourth-order valence-corrected chi connectivity index (χ4v) is 1.40. The highest BCUT2D eigenvalue weighted by Crippen LogP contribution is 2.28. The third-order valence-corrected chi connectivity index (χ3v) is 2.62. The van der Waals surface area contributed by atoms with Crippen LogP contribution in [0.15, 0.2) is 24.3 Å². The fourth-order valence-electron chi connectivity index (χ4n) is 1.40. The van der Waals surface area contributed by atoms with Gasteiger partial charge in [-0.25, -0.2) is 0 Å². The molecule has 0 bridgehead atoms. The molecule has 0 aliphatic heterocycles. The zero-order valence-corrected chi connectivity index (χ0v) is 8.79. The largest absolute Gasteiger partial charge is 0.490 e. The van der Waals surface area contributed by atoms with Crippen LogP contribution in [-0.4, -0.2) is 13.2 Å². The van der Waals surface area contributed by atoms with Crippen LogP contribution in [0, 0.1) is 0 Å². The summed E-state index contributed by atoms with van der Waals surface area (Å²) in [6.07, 6.45) is 2.91. The van der Waals surface area contributed by atoms with Gasteiger partial charge in [0, 0.05) is 6.04 Å². The monoisotopic (exact) mass is 191 g/mol. The van der Waals surface area contributed by atoms with E-state index in [2.05, 4.69) is 30.4 Å². The van der Waals surface area contributed by atoms with Gasteiger partial charge in [0.05, 0.1) is 6.10 Å².